The Morgan fingerprint density at radius 3 is 2.70 bits per heavy atom. The standard InChI is InChI=1S/C25H26ClN3O2.C2H6/c1-4-23(30)29-13-6-12-25(16-29,21-7-5-8-22(26)17(21)2)27-19-10-9-18-11-14-28(3)24(31)20(18)15-19;1-2/h4-5,7-11,14-15,27H,1,6,12-13,16H2,2-3H3;1-2H3. The van der Waals surface area contributed by atoms with E-state index >= 15 is 0 Å². The van der Waals surface area contributed by atoms with Crippen molar-refractivity contribution in [2.45, 2.75) is 39.2 Å². The minimum atomic E-state index is -0.528. The van der Waals surface area contributed by atoms with Gasteiger partial charge < -0.3 is 14.8 Å². The van der Waals surface area contributed by atoms with Crippen molar-refractivity contribution < 1.29 is 4.79 Å². The molecule has 3 aromatic rings. The molecule has 0 bridgehead atoms. The Balaban J connectivity index is 0.00000149. The predicted octanol–water partition coefficient (Wildman–Crippen LogP) is 5.64. The first-order chi connectivity index (χ1) is 15.8. The number of carbonyl (C=O) groups is 1. The van der Waals surface area contributed by atoms with E-state index in [2.05, 4.69) is 18.0 Å². The van der Waals surface area contributed by atoms with Crippen molar-refractivity contribution >= 4 is 34.0 Å². The molecule has 2 heterocycles. The summed E-state index contributed by atoms with van der Waals surface area (Å²) in [5.41, 5.74) is 2.31. The number of pyridine rings is 1. The van der Waals surface area contributed by atoms with Crippen LogP contribution in [0.15, 0.2) is 66.1 Å². The summed E-state index contributed by atoms with van der Waals surface area (Å²) in [6.45, 7) is 10.8. The maximum Gasteiger partial charge on any atom is 0.258 e. The average Bonchev–Trinajstić information content (AvgIpc) is 2.84. The number of halogens is 1. The second-order valence-corrected chi connectivity index (χ2v) is 8.63. The second-order valence-electron chi connectivity index (χ2n) is 8.22. The summed E-state index contributed by atoms with van der Waals surface area (Å²) in [5.74, 6) is -0.0852. The van der Waals surface area contributed by atoms with Crippen LogP contribution in [-0.4, -0.2) is 28.5 Å². The Hall–Kier alpha value is -3.05. The number of aromatic nitrogens is 1. The van der Waals surface area contributed by atoms with E-state index in [9.17, 15) is 9.59 Å². The van der Waals surface area contributed by atoms with Crippen LogP contribution in [0.1, 0.15) is 37.8 Å². The molecule has 1 aliphatic heterocycles. The minimum absolute atomic E-state index is 0.0405. The van der Waals surface area contributed by atoms with Crippen molar-refractivity contribution in [2.75, 3.05) is 18.4 Å². The average molecular weight is 466 g/mol. The topological polar surface area (TPSA) is 54.3 Å². The number of hydrogen-bond acceptors (Lipinski definition) is 3. The third-order valence-electron chi connectivity index (χ3n) is 6.23. The Kier molecular flexibility index (Phi) is 7.65. The van der Waals surface area contributed by atoms with E-state index < -0.39 is 5.54 Å². The van der Waals surface area contributed by atoms with Crippen LogP contribution in [0.3, 0.4) is 0 Å². The Morgan fingerprint density at radius 1 is 1.21 bits per heavy atom. The predicted molar refractivity (Wildman–Crippen MR) is 138 cm³/mol. The fraction of sp³-hybridized carbons (Fsp3) is 0.333. The molecule has 1 N–H and O–H groups in total. The third-order valence-corrected chi connectivity index (χ3v) is 6.64. The smallest absolute Gasteiger partial charge is 0.258 e. The molecule has 1 aromatic heterocycles. The molecule has 5 nitrogen and oxygen atoms in total. The van der Waals surface area contributed by atoms with Crippen LogP contribution in [0.2, 0.25) is 5.02 Å². The maximum atomic E-state index is 12.7. The van der Waals surface area contributed by atoms with Gasteiger partial charge in [0.2, 0.25) is 5.91 Å². The van der Waals surface area contributed by atoms with Crippen molar-refractivity contribution in [3.8, 4) is 0 Å². The zero-order chi connectivity index (χ0) is 24.2. The normalized spacial score (nSPS) is 17.8. The molecule has 0 aliphatic carbocycles. The fourth-order valence-electron chi connectivity index (χ4n) is 4.58. The number of likely N-dealkylation sites (tertiary alicyclic amines) is 1. The van der Waals surface area contributed by atoms with Crippen molar-refractivity contribution in [3.05, 3.63) is 87.8 Å². The van der Waals surface area contributed by atoms with Gasteiger partial charge in [-0.2, -0.15) is 0 Å². The van der Waals surface area contributed by atoms with Gasteiger partial charge in [-0.3, -0.25) is 9.59 Å². The molecule has 4 rings (SSSR count). The number of benzene rings is 2. The van der Waals surface area contributed by atoms with E-state index in [0.29, 0.717) is 23.5 Å². The highest BCUT2D eigenvalue weighted by Gasteiger charge is 2.39. The van der Waals surface area contributed by atoms with Gasteiger partial charge in [0.25, 0.3) is 5.56 Å². The highest BCUT2D eigenvalue weighted by Crippen LogP contribution is 2.39. The van der Waals surface area contributed by atoms with E-state index in [1.165, 1.54) is 6.08 Å². The zero-order valence-electron chi connectivity index (χ0n) is 19.8. The lowest BCUT2D eigenvalue weighted by Gasteiger charge is -2.45. The van der Waals surface area contributed by atoms with E-state index in [-0.39, 0.29) is 11.5 Å². The molecule has 6 heteroatoms. The molecular weight excluding hydrogens is 434 g/mol. The van der Waals surface area contributed by atoms with Gasteiger partial charge >= 0.3 is 0 Å². The van der Waals surface area contributed by atoms with Crippen molar-refractivity contribution in [3.63, 3.8) is 0 Å². The summed E-state index contributed by atoms with van der Waals surface area (Å²) in [6.07, 6.45) is 4.81. The number of carbonyl (C=O) groups excluding carboxylic acids is 1. The van der Waals surface area contributed by atoms with Gasteiger partial charge in [-0.05, 0) is 66.6 Å². The molecule has 1 atom stereocenters. The molecule has 0 spiro atoms. The Bertz CT molecular complexity index is 1230. The van der Waals surface area contributed by atoms with Crippen LogP contribution in [0.5, 0.6) is 0 Å². The molecule has 1 aliphatic rings. The number of nitrogens with one attached hydrogen (secondary N) is 1. The molecule has 1 amide bonds. The summed E-state index contributed by atoms with van der Waals surface area (Å²) >= 11 is 6.47. The fourth-order valence-corrected chi connectivity index (χ4v) is 4.75. The highest BCUT2D eigenvalue weighted by atomic mass is 35.5. The van der Waals surface area contributed by atoms with E-state index in [1.807, 2.05) is 62.1 Å². The number of fused-ring (bicyclic) bond motifs is 1. The zero-order valence-corrected chi connectivity index (χ0v) is 20.6. The second kappa shape index (κ2) is 10.3. The number of aryl methyl sites for hydroxylation is 1. The summed E-state index contributed by atoms with van der Waals surface area (Å²) in [6, 6.07) is 13.7. The van der Waals surface area contributed by atoms with Gasteiger partial charge in [-0.25, -0.2) is 0 Å². The largest absolute Gasteiger partial charge is 0.374 e. The first kappa shape index (κ1) is 24.6. The monoisotopic (exact) mass is 465 g/mol. The SMILES string of the molecule is C=CC(=O)N1CCCC(Nc2ccc3ccn(C)c(=O)c3c2)(c2cccc(Cl)c2C)C1.CC. The summed E-state index contributed by atoms with van der Waals surface area (Å²) < 4.78 is 1.58. The lowest BCUT2D eigenvalue weighted by Crippen LogP contribution is -2.52. The summed E-state index contributed by atoms with van der Waals surface area (Å²) in [5, 5.41) is 5.94. The van der Waals surface area contributed by atoms with Crippen LogP contribution in [-0.2, 0) is 17.4 Å². The quantitative estimate of drug-likeness (QED) is 0.507. The van der Waals surface area contributed by atoms with Crippen LogP contribution >= 0.6 is 11.6 Å². The highest BCUT2D eigenvalue weighted by molar-refractivity contribution is 6.31. The first-order valence-corrected chi connectivity index (χ1v) is 11.8. The molecule has 0 saturated carbocycles. The Morgan fingerprint density at radius 2 is 1.97 bits per heavy atom. The number of anilines is 1. The van der Waals surface area contributed by atoms with Gasteiger partial charge in [0.1, 0.15) is 0 Å². The van der Waals surface area contributed by atoms with Crippen LogP contribution < -0.4 is 10.9 Å². The number of hydrogen-bond donors (Lipinski definition) is 1. The lowest BCUT2D eigenvalue weighted by atomic mass is 9.79. The first-order valence-electron chi connectivity index (χ1n) is 11.4. The van der Waals surface area contributed by atoms with Crippen LogP contribution in [0.4, 0.5) is 5.69 Å². The van der Waals surface area contributed by atoms with Crippen LogP contribution in [0, 0.1) is 6.92 Å². The molecule has 2 aromatic carbocycles. The van der Waals surface area contributed by atoms with Crippen molar-refractivity contribution in [1.82, 2.24) is 9.47 Å². The molecule has 0 radical (unpaired) electrons. The van der Waals surface area contributed by atoms with E-state index in [0.717, 1.165) is 35.0 Å². The molecule has 1 fully saturated rings. The van der Waals surface area contributed by atoms with Gasteiger partial charge in [-0.1, -0.05) is 50.2 Å². The molecule has 174 valence electrons. The van der Waals surface area contributed by atoms with Gasteiger partial charge in [0.15, 0.2) is 0 Å². The number of rotatable bonds is 4. The Labute approximate surface area is 200 Å². The van der Waals surface area contributed by atoms with E-state index in [1.54, 1.807) is 17.8 Å². The molecule has 1 saturated heterocycles. The van der Waals surface area contributed by atoms with Gasteiger partial charge in [-0.15, -0.1) is 0 Å². The van der Waals surface area contributed by atoms with Crippen molar-refractivity contribution in [1.29, 1.82) is 0 Å². The maximum absolute atomic E-state index is 12.7. The van der Waals surface area contributed by atoms with Gasteiger partial charge in [0.05, 0.1) is 5.54 Å². The molecular formula is C27H32ClN3O2. The number of nitrogens with zero attached hydrogens (tertiary/aromatic N) is 2. The van der Waals surface area contributed by atoms with Crippen molar-refractivity contribution in [2.24, 2.45) is 7.05 Å². The molecule has 1 unspecified atom stereocenters. The minimum Gasteiger partial charge on any atom is -0.374 e. The number of amides is 1. The van der Waals surface area contributed by atoms with Crippen LogP contribution in [0.25, 0.3) is 10.8 Å². The number of piperidine rings is 1. The lowest BCUT2D eigenvalue weighted by molar-refractivity contribution is -0.128. The third kappa shape index (κ3) is 4.83. The summed E-state index contributed by atoms with van der Waals surface area (Å²) in [4.78, 5) is 26.9. The molecule has 33 heavy (non-hydrogen) atoms. The summed E-state index contributed by atoms with van der Waals surface area (Å²) in [7, 11) is 1.75. The van der Waals surface area contributed by atoms with Gasteiger partial charge in [0, 0.05) is 42.4 Å². The van der Waals surface area contributed by atoms with E-state index in [4.69, 9.17) is 11.6 Å².